The van der Waals surface area contributed by atoms with Gasteiger partial charge >= 0.3 is 0 Å². The van der Waals surface area contributed by atoms with E-state index in [1.54, 1.807) is 14.2 Å². The van der Waals surface area contributed by atoms with E-state index in [0.717, 1.165) is 11.1 Å². The van der Waals surface area contributed by atoms with Gasteiger partial charge in [0.15, 0.2) is 23.0 Å². The van der Waals surface area contributed by atoms with Crippen LogP contribution in [-0.4, -0.2) is 37.6 Å². The first kappa shape index (κ1) is 22.9. The predicted molar refractivity (Wildman–Crippen MR) is 125 cm³/mol. The Morgan fingerprint density at radius 3 is 2.26 bits per heavy atom. The highest BCUT2D eigenvalue weighted by molar-refractivity contribution is 5.73. The Bertz CT molecular complexity index is 1270. The molecule has 1 aliphatic heterocycles. The summed E-state index contributed by atoms with van der Waals surface area (Å²) in [6.07, 6.45) is 0. The molecule has 0 saturated carbocycles. The minimum Gasteiger partial charge on any atom is -0.493 e. The molecule has 1 aromatic heterocycles. The number of benzene rings is 2. The highest BCUT2D eigenvalue weighted by Crippen LogP contribution is 2.47. The number of hydrogen-bond donors (Lipinski definition) is 2. The number of fused-ring (bicyclic) bond motifs is 1. The van der Waals surface area contributed by atoms with E-state index >= 15 is 0 Å². The van der Waals surface area contributed by atoms with Gasteiger partial charge in [0, 0.05) is 5.56 Å². The topological polar surface area (TPSA) is 125 Å². The van der Waals surface area contributed by atoms with Crippen molar-refractivity contribution in [2.45, 2.75) is 19.8 Å². The Kier molecular flexibility index (Phi) is 6.50. The van der Waals surface area contributed by atoms with Crippen LogP contribution in [0.3, 0.4) is 0 Å². The van der Waals surface area contributed by atoms with Gasteiger partial charge in [0.2, 0.25) is 11.8 Å². The zero-order valence-electron chi connectivity index (χ0n) is 19.5. The number of nitrogens with zero attached hydrogens (tertiary/aromatic N) is 2. The zero-order valence-corrected chi connectivity index (χ0v) is 19.5. The van der Waals surface area contributed by atoms with Gasteiger partial charge < -0.3 is 29.4 Å². The van der Waals surface area contributed by atoms with E-state index in [1.807, 2.05) is 50.2 Å². The van der Waals surface area contributed by atoms with E-state index < -0.39 is 5.92 Å². The molecule has 1 atom stereocenters. The largest absolute Gasteiger partial charge is 0.493 e. The number of nitrogens with two attached hydrogens (primary N) is 1. The molecule has 176 valence electrons. The molecule has 0 aliphatic carbocycles. The standard InChI is InChI=1S/C25H26N4O5/c1-5-32-17-9-7-14(11-19(17)30-3)21-16(13-26)24(27)34-25-22(21)23(28-29-25)15-8-10-18(33-6-2)20(12-15)31-4/h7-12,21H,5-6,27H2,1-4H3,(H,28,29)/t21-/m0/s1. The molecule has 9 nitrogen and oxygen atoms in total. The Balaban J connectivity index is 1.88. The molecule has 0 amide bonds. The minimum atomic E-state index is -0.537. The van der Waals surface area contributed by atoms with Gasteiger partial charge in [0.1, 0.15) is 11.6 Å². The molecule has 3 aromatic rings. The molecule has 4 rings (SSSR count). The third-order valence-corrected chi connectivity index (χ3v) is 5.51. The summed E-state index contributed by atoms with van der Waals surface area (Å²) in [7, 11) is 3.15. The number of ether oxygens (including phenoxy) is 5. The summed E-state index contributed by atoms with van der Waals surface area (Å²) in [6, 6.07) is 13.3. The van der Waals surface area contributed by atoms with Gasteiger partial charge in [0.05, 0.1) is 44.6 Å². The Labute approximate surface area is 197 Å². The van der Waals surface area contributed by atoms with Gasteiger partial charge in [-0.2, -0.15) is 5.26 Å². The average Bonchev–Trinajstić information content (AvgIpc) is 3.27. The maximum atomic E-state index is 9.97. The quantitative estimate of drug-likeness (QED) is 0.512. The molecule has 2 heterocycles. The number of hydrogen-bond acceptors (Lipinski definition) is 8. The van der Waals surface area contributed by atoms with Crippen molar-refractivity contribution in [3.05, 3.63) is 59.0 Å². The van der Waals surface area contributed by atoms with E-state index in [9.17, 15) is 5.26 Å². The molecule has 0 saturated heterocycles. The number of methoxy groups -OCH3 is 2. The van der Waals surface area contributed by atoms with Gasteiger partial charge in [-0.05, 0) is 49.7 Å². The van der Waals surface area contributed by atoms with Crippen molar-refractivity contribution in [3.63, 3.8) is 0 Å². The highest BCUT2D eigenvalue weighted by atomic mass is 16.5. The number of H-pyrrole nitrogens is 1. The Hall–Kier alpha value is -4.32. The maximum Gasteiger partial charge on any atom is 0.244 e. The lowest BCUT2D eigenvalue weighted by atomic mass is 9.83. The van der Waals surface area contributed by atoms with E-state index in [4.69, 9.17) is 29.4 Å². The van der Waals surface area contributed by atoms with Crippen LogP contribution in [0.5, 0.6) is 28.9 Å². The Morgan fingerprint density at radius 1 is 1.00 bits per heavy atom. The molecule has 2 aromatic carbocycles. The average molecular weight is 463 g/mol. The normalized spacial score (nSPS) is 14.6. The van der Waals surface area contributed by atoms with Crippen LogP contribution in [0.4, 0.5) is 0 Å². The van der Waals surface area contributed by atoms with Crippen molar-refractivity contribution in [1.82, 2.24) is 10.2 Å². The monoisotopic (exact) mass is 462 g/mol. The van der Waals surface area contributed by atoms with E-state index in [-0.39, 0.29) is 11.5 Å². The molecule has 0 radical (unpaired) electrons. The summed E-state index contributed by atoms with van der Waals surface area (Å²) in [6.45, 7) is 4.82. The first-order valence-electron chi connectivity index (χ1n) is 10.8. The van der Waals surface area contributed by atoms with Crippen LogP contribution < -0.4 is 29.4 Å². The highest BCUT2D eigenvalue weighted by Gasteiger charge is 2.36. The lowest BCUT2D eigenvalue weighted by Crippen LogP contribution is -2.21. The van der Waals surface area contributed by atoms with Crippen LogP contribution in [0, 0.1) is 11.3 Å². The van der Waals surface area contributed by atoms with Gasteiger partial charge in [0.25, 0.3) is 0 Å². The number of nitriles is 1. The first-order chi connectivity index (χ1) is 16.6. The second-order valence-electron chi connectivity index (χ2n) is 7.38. The molecule has 0 fully saturated rings. The fraction of sp³-hybridized carbons (Fsp3) is 0.280. The summed E-state index contributed by atoms with van der Waals surface area (Å²) >= 11 is 0. The molecule has 9 heteroatoms. The van der Waals surface area contributed by atoms with Gasteiger partial charge in [-0.25, -0.2) is 0 Å². The third-order valence-electron chi connectivity index (χ3n) is 5.51. The SMILES string of the molecule is CCOc1ccc(-c2[nH]nc3c2[C@@H](c2ccc(OCC)c(OC)c2)C(C#N)=C(N)O3)cc1OC. The van der Waals surface area contributed by atoms with Crippen LogP contribution >= 0.6 is 0 Å². The number of aromatic nitrogens is 2. The van der Waals surface area contributed by atoms with Gasteiger partial charge in [-0.3, -0.25) is 5.10 Å². The predicted octanol–water partition coefficient (Wildman–Crippen LogP) is 4.11. The smallest absolute Gasteiger partial charge is 0.244 e. The van der Waals surface area contributed by atoms with Crippen molar-refractivity contribution < 1.29 is 23.7 Å². The van der Waals surface area contributed by atoms with Crippen LogP contribution in [0.25, 0.3) is 11.3 Å². The van der Waals surface area contributed by atoms with Crippen LogP contribution in [-0.2, 0) is 0 Å². The summed E-state index contributed by atoms with van der Waals surface area (Å²) in [4.78, 5) is 0. The van der Waals surface area contributed by atoms with Crippen molar-refractivity contribution in [2.24, 2.45) is 5.73 Å². The van der Waals surface area contributed by atoms with E-state index in [2.05, 4.69) is 16.3 Å². The number of nitrogens with one attached hydrogen (secondary N) is 1. The second-order valence-corrected chi connectivity index (χ2v) is 7.38. The molecular weight excluding hydrogens is 436 g/mol. The molecule has 0 unspecified atom stereocenters. The molecule has 0 bridgehead atoms. The summed E-state index contributed by atoms with van der Waals surface area (Å²) in [5.41, 5.74) is 9.32. The van der Waals surface area contributed by atoms with Crippen molar-refractivity contribution in [3.8, 4) is 46.2 Å². The lowest BCUT2D eigenvalue weighted by Gasteiger charge is -2.25. The molecule has 3 N–H and O–H groups in total. The molecular formula is C25H26N4O5. The number of aromatic amines is 1. The minimum absolute atomic E-state index is 0.00942. The lowest BCUT2D eigenvalue weighted by molar-refractivity contribution is 0.310. The first-order valence-corrected chi connectivity index (χ1v) is 10.8. The summed E-state index contributed by atoms with van der Waals surface area (Å²) < 4.78 is 28.1. The summed E-state index contributed by atoms with van der Waals surface area (Å²) in [5.74, 6) is 2.15. The number of rotatable bonds is 8. The van der Waals surface area contributed by atoms with Crippen LogP contribution in [0.15, 0.2) is 47.9 Å². The number of allylic oxidation sites excluding steroid dienone is 1. The van der Waals surface area contributed by atoms with E-state index in [1.165, 1.54) is 0 Å². The van der Waals surface area contributed by atoms with Gasteiger partial charge in [-0.15, -0.1) is 5.10 Å². The summed E-state index contributed by atoms with van der Waals surface area (Å²) in [5, 5.41) is 17.3. The molecule has 0 spiro atoms. The van der Waals surface area contributed by atoms with Gasteiger partial charge in [-0.1, -0.05) is 6.07 Å². The Morgan fingerprint density at radius 2 is 1.65 bits per heavy atom. The fourth-order valence-corrected chi connectivity index (χ4v) is 4.03. The molecule has 34 heavy (non-hydrogen) atoms. The van der Waals surface area contributed by atoms with Crippen molar-refractivity contribution in [1.29, 1.82) is 5.26 Å². The zero-order chi connectivity index (χ0) is 24.2. The second kappa shape index (κ2) is 9.67. The third kappa shape index (κ3) is 3.94. The van der Waals surface area contributed by atoms with Crippen LogP contribution in [0.1, 0.15) is 30.9 Å². The maximum absolute atomic E-state index is 9.97. The molecule has 1 aliphatic rings. The fourth-order valence-electron chi connectivity index (χ4n) is 4.03. The van der Waals surface area contributed by atoms with Crippen molar-refractivity contribution >= 4 is 0 Å². The van der Waals surface area contributed by atoms with E-state index in [0.29, 0.717) is 53.3 Å². The van der Waals surface area contributed by atoms with Crippen LogP contribution in [0.2, 0.25) is 0 Å². The van der Waals surface area contributed by atoms with Crippen molar-refractivity contribution in [2.75, 3.05) is 27.4 Å².